The van der Waals surface area contributed by atoms with E-state index in [9.17, 15) is 10.1 Å². The number of fused-ring (bicyclic) bond motifs is 1. The standard InChI is InChI=1S/C26H20N4O2/c27-15-3-4-16-32-24-13-7-19(8-14-24)26(31)29-21-9-11-22(12-10-21)30-23(18-28)17-20-5-1-2-6-25(20)30/h1-2,5-14,17H,3-4,16H2,(H,29,31). The Morgan fingerprint density at radius 2 is 1.72 bits per heavy atom. The molecular weight excluding hydrogens is 400 g/mol. The van der Waals surface area contributed by atoms with Gasteiger partial charge >= 0.3 is 0 Å². The molecular formula is C26H20N4O2. The number of rotatable bonds is 7. The maximum Gasteiger partial charge on any atom is 0.255 e. The molecule has 156 valence electrons. The molecule has 0 spiro atoms. The van der Waals surface area contributed by atoms with Gasteiger partial charge < -0.3 is 14.6 Å². The summed E-state index contributed by atoms with van der Waals surface area (Å²) >= 11 is 0. The summed E-state index contributed by atoms with van der Waals surface area (Å²) in [6.45, 7) is 0.468. The number of carbonyl (C=O) groups excluding carboxylic acids is 1. The maximum absolute atomic E-state index is 12.6. The molecule has 3 aromatic carbocycles. The molecule has 6 heteroatoms. The van der Waals surface area contributed by atoms with Crippen LogP contribution in [0.4, 0.5) is 5.69 Å². The molecule has 0 unspecified atom stereocenters. The number of para-hydroxylation sites is 1. The first-order chi connectivity index (χ1) is 15.7. The van der Waals surface area contributed by atoms with Crippen molar-refractivity contribution in [2.75, 3.05) is 11.9 Å². The summed E-state index contributed by atoms with van der Waals surface area (Å²) in [5.74, 6) is 0.439. The minimum atomic E-state index is -0.224. The summed E-state index contributed by atoms with van der Waals surface area (Å²) in [6, 6.07) is 28.3. The van der Waals surface area contributed by atoms with Gasteiger partial charge in [-0.2, -0.15) is 10.5 Å². The SMILES string of the molecule is N#CCCCOc1ccc(C(=O)Nc2ccc(-n3c(C#N)cc4ccccc43)cc2)cc1. The first-order valence-corrected chi connectivity index (χ1v) is 10.2. The summed E-state index contributed by atoms with van der Waals surface area (Å²) in [4.78, 5) is 12.6. The lowest BCUT2D eigenvalue weighted by Crippen LogP contribution is -2.11. The fourth-order valence-electron chi connectivity index (χ4n) is 3.46. The molecule has 0 saturated carbocycles. The number of hydrogen-bond donors (Lipinski definition) is 1. The Kier molecular flexibility index (Phi) is 6.15. The third kappa shape index (κ3) is 4.45. The van der Waals surface area contributed by atoms with Crippen molar-refractivity contribution in [3.05, 3.63) is 90.1 Å². The molecule has 0 radical (unpaired) electrons. The highest BCUT2D eigenvalue weighted by Gasteiger charge is 2.11. The highest BCUT2D eigenvalue weighted by Crippen LogP contribution is 2.25. The fraction of sp³-hybridized carbons (Fsp3) is 0.115. The number of unbranched alkanes of at least 4 members (excludes halogenated alkanes) is 1. The van der Waals surface area contributed by atoms with Crippen LogP contribution in [0.15, 0.2) is 78.9 Å². The number of amides is 1. The molecule has 6 nitrogen and oxygen atoms in total. The Balaban J connectivity index is 1.45. The van der Waals surface area contributed by atoms with Crippen molar-refractivity contribution in [2.24, 2.45) is 0 Å². The van der Waals surface area contributed by atoms with E-state index in [1.807, 2.05) is 59.2 Å². The van der Waals surface area contributed by atoms with Gasteiger partial charge in [-0.05, 0) is 67.1 Å². The van der Waals surface area contributed by atoms with Crippen LogP contribution in [-0.4, -0.2) is 17.1 Å². The van der Waals surface area contributed by atoms with Crippen molar-refractivity contribution in [2.45, 2.75) is 12.8 Å². The van der Waals surface area contributed by atoms with Crippen LogP contribution in [-0.2, 0) is 0 Å². The number of nitrogens with one attached hydrogen (secondary N) is 1. The van der Waals surface area contributed by atoms with Crippen LogP contribution in [0, 0.1) is 22.7 Å². The van der Waals surface area contributed by atoms with Crippen LogP contribution in [0.25, 0.3) is 16.6 Å². The molecule has 0 aliphatic heterocycles. The second kappa shape index (κ2) is 9.51. The van der Waals surface area contributed by atoms with Crippen molar-refractivity contribution in [3.63, 3.8) is 0 Å². The fourth-order valence-corrected chi connectivity index (χ4v) is 3.46. The van der Waals surface area contributed by atoms with Crippen LogP contribution in [0.5, 0.6) is 5.75 Å². The number of nitriles is 2. The van der Waals surface area contributed by atoms with Gasteiger partial charge in [-0.25, -0.2) is 0 Å². The van der Waals surface area contributed by atoms with Crippen molar-refractivity contribution < 1.29 is 9.53 Å². The largest absolute Gasteiger partial charge is 0.494 e. The summed E-state index contributed by atoms with van der Waals surface area (Å²) in [5.41, 5.74) is 3.53. The van der Waals surface area contributed by atoms with Crippen molar-refractivity contribution in [1.29, 1.82) is 10.5 Å². The monoisotopic (exact) mass is 420 g/mol. The van der Waals surface area contributed by atoms with Gasteiger partial charge in [0.1, 0.15) is 17.5 Å². The molecule has 1 amide bonds. The van der Waals surface area contributed by atoms with Gasteiger partial charge in [0.2, 0.25) is 0 Å². The first-order valence-electron chi connectivity index (χ1n) is 10.2. The first kappa shape index (κ1) is 20.7. The van der Waals surface area contributed by atoms with Gasteiger partial charge in [-0.3, -0.25) is 4.79 Å². The van der Waals surface area contributed by atoms with E-state index in [4.69, 9.17) is 10.00 Å². The third-order valence-electron chi connectivity index (χ3n) is 5.03. The topological polar surface area (TPSA) is 90.8 Å². The van der Waals surface area contributed by atoms with E-state index in [0.717, 1.165) is 16.6 Å². The number of carbonyl (C=O) groups is 1. The van der Waals surface area contributed by atoms with Crippen molar-refractivity contribution in [1.82, 2.24) is 4.57 Å². The molecule has 0 atom stereocenters. The molecule has 0 saturated heterocycles. The molecule has 1 aromatic heterocycles. The predicted octanol–water partition coefficient (Wildman–Crippen LogP) is 5.44. The Bertz CT molecular complexity index is 1320. The molecule has 32 heavy (non-hydrogen) atoms. The number of benzene rings is 3. The van der Waals surface area contributed by atoms with Crippen LogP contribution in [0.3, 0.4) is 0 Å². The smallest absolute Gasteiger partial charge is 0.255 e. The van der Waals surface area contributed by atoms with Crippen LogP contribution < -0.4 is 10.1 Å². The zero-order chi connectivity index (χ0) is 22.3. The Morgan fingerprint density at radius 3 is 2.44 bits per heavy atom. The molecule has 0 fully saturated rings. The van der Waals surface area contributed by atoms with Crippen LogP contribution in [0.2, 0.25) is 0 Å². The van der Waals surface area contributed by atoms with Gasteiger partial charge in [-0.15, -0.1) is 0 Å². The van der Waals surface area contributed by atoms with E-state index in [1.165, 1.54) is 0 Å². The lowest BCUT2D eigenvalue weighted by Gasteiger charge is -2.10. The maximum atomic E-state index is 12.6. The summed E-state index contributed by atoms with van der Waals surface area (Å²) in [5, 5.41) is 22.0. The van der Waals surface area contributed by atoms with E-state index >= 15 is 0 Å². The molecule has 0 aliphatic carbocycles. The lowest BCUT2D eigenvalue weighted by atomic mass is 10.2. The highest BCUT2D eigenvalue weighted by atomic mass is 16.5. The lowest BCUT2D eigenvalue weighted by molar-refractivity contribution is 0.102. The molecule has 0 aliphatic rings. The molecule has 4 rings (SSSR count). The summed E-state index contributed by atoms with van der Waals surface area (Å²) in [7, 11) is 0. The normalized spacial score (nSPS) is 10.3. The van der Waals surface area contributed by atoms with Gasteiger partial charge in [0.25, 0.3) is 5.91 Å². The van der Waals surface area contributed by atoms with E-state index in [2.05, 4.69) is 17.5 Å². The van der Waals surface area contributed by atoms with Crippen LogP contribution >= 0.6 is 0 Å². The predicted molar refractivity (Wildman–Crippen MR) is 123 cm³/mol. The number of ether oxygens (including phenoxy) is 1. The number of hydrogen-bond acceptors (Lipinski definition) is 4. The summed E-state index contributed by atoms with van der Waals surface area (Å²) in [6.07, 6.45) is 1.13. The number of anilines is 1. The van der Waals surface area contributed by atoms with E-state index < -0.39 is 0 Å². The molecule has 0 bridgehead atoms. The Morgan fingerprint density at radius 1 is 0.969 bits per heavy atom. The Labute approximate surface area is 185 Å². The number of aromatic nitrogens is 1. The summed E-state index contributed by atoms with van der Waals surface area (Å²) < 4.78 is 7.45. The quantitative estimate of drug-likeness (QED) is 0.403. The highest BCUT2D eigenvalue weighted by molar-refractivity contribution is 6.04. The van der Waals surface area contributed by atoms with E-state index in [-0.39, 0.29) is 5.91 Å². The van der Waals surface area contributed by atoms with Crippen molar-refractivity contribution in [3.8, 4) is 23.6 Å². The zero-order valence-corrected chi connectivity index (χ0v) is 17.3. The molecule has 1 heterocycles. The van der Waals surface area contributed by atoms with Crippen molar-refractivity contribution >= 4 is 22.5 Å². The van der Waals surface area contributed by atoms with E-state index in [1.54, 1.807) is 24.3 Å². The Hall–Kier alpha value is -4.55. The van der Waals surface area contributed by atoms with E-state index in [0.29, 0.717) is 42.1 Å². The van der Waals surface area contributed by atoms with Gasteiger partial charge in [0.15, 0.2) is 0 Å². The third-order valence-corrected chi connectivity index (χ3v) is 5.03. The molecule has 1 N–H and O–H groups in total. The second-order valence-corrected chi connectivity index (χ2v) is 7.17. The number of nitrogens with zero attached hydrogens (tertiary/aromatic N) is 3. The minimum Gasteiger partial charge on any atom is -0.494 e. The van der Waals surface area contributed by atoms with Crippen LogP contribution in [0.1, 0.15) is 28.9 Å². The zero-order valence-electron chi connectivity index (χ0n) is 17.3. The van der Waals surface area contributed by atoms with Gasteiger partial charge in [-0.1, -0.05) is 18.2 Å². The second-order valence-electron chi connectivity index (χ2n) is 7.17. The van der Waals surface area contributed by atoms with Gasteiger partial charge in [0, 0.05) is 28.7 Å². The van der Waals surface area contributed by atoms with Gasteiger partial charge in [0.05, 0.1) is 18.2 Å². The minimum absolute atomic E-state index is 0.224. The average Bonchev–Trinajstić information content (AvgIpc) is 3.21. The average molecular weight is 420 g/mol. The molecule has 4 aromatic rings.